The molecule has 0 radical (unpaired) electrons. The summed E-state index contributed by atoms with van der Waals surface area (Å²) in [6, 6.07) is 13.3. The minimum Gasteiger partial charge on any atom is -0.466 e. The number of aromatic nitrogens is 3. The normalized spacial score (nSPS) is 14.1. The number of esters is 1. The Kier molecular flexibility index (Phi) is 7.36. The average Bonchev–Trinajstić information content (AvgIpc) is 3.54. The van der Waals surface area contributed by atoms with Crippen molar-refractivity contribution in [3.8, 4) is 16.4 Å². The zero-order valence-corrected chi connectivity index (χ0v) is 20.0. The number of thiophene rings is 1. The van der Waals surface area contributed by atoms with E-state index in [-0.39, 0.29) is 30.2 Å². The fourth-order valence-electron chi connectivity index (χ4n) is 3.89. The molecule has 1 aliphatic rings. The topological polar surface area (TPSA) is 97.6 Å². The van der Waals surface area contributed by atoms with Crippen LogP contribution in [0.4, 0.5) is 0 Å². The summed E-state index contributed by atoms with van der Waals surface area (Å²) in [6.07, 6.45) is 1.13. The van der Waals surface area contributed by atoms with E-state index in [1.807, 2.05) is 47.8 Å². The smallest absolute Gasteiger partial charge is 0.309 e. The molecule has 9 nitrogen and oxygen atoms in total. The van der Waals surface area contributed by atoms with Crippen LogP contribution in [0.1, 0.15) is 30.4 Å². The SMILES string of the molecule is CCOC(=O)C1CCN(C(=O)CN(C)C(=O)c2nc(-c3cccs3)n(-c3ccccc3)n2)CC1. The molecule has 0 unspecified atom stereocenters. The first kappa shape index (κ1) is 23.6. The first-order chi connectivity index (χ1) is 16.5. The van der Waals surface area contributed by atoms with E-state index in [9.17, 15) is 14.4 Å². The molecule has 10 heteroatoms. The van der Waals surface area contributed by atoms with Crippen LogP contribution in [0, 0.1) is 5.92 Å². The van der Waals surface area contributed by atoms with Crippen LogP contribution in [0.2, 0.25) is 0 Å². The van der Waals surface area contributed by atoms with Crippen molar-refractivity contribution in [1.82, 2.24) is 24.6 Å². The molecule has 3 aromatic rings. The molecule has 0 N–H and O–H groups in total. The van der Waals surface area contributed by atoms with E-state index in [2.05, 4.69) is 10.1 Å². The molecule has 3 heterocycles. The van der Waals surface area contributed by atoms with E-state index in [0.29, 0.717) is 38.4 Å². The molecule has 1 aromatic carbocycles. The van der Waals surface area contributed by atoms with Crippen molar-refractivity contribution in [2.45, 2.75) is 19.8 Å². The molecular formula is C24H27N5O4S. The van der Waals surface area contributed by atoms with Crippen molar-refractivity contribution in [2.24, 2.45) is 5.92 Å². The van der Waals surface area contributed by atoms with Gasteiger partial charge < -0.3 is 14.5 Å². The molecule has 0 atom stereocenters. The third-order valence-electron chi connectivity index (χ3n) is 5.73. The molecule has 0 saturated carbocycles. The third-order valence-corrected chi connectivity index (χ3v) is 6.59. The Morgan fingerprint density at radius 2 is 1.85 bits per heavy atom. The Balaban J connectivity index is 1.44. The van der Waals surface area contributed by atoms with Crippen LogP contribution in [0.5, 0.6) is 0 Å². The van der Waals surface area contributed by atoms with Gasteiger partial charge in [0.15, 0.2) is 5.82 Å². The summed E-state index contributed by atoms with van der Waals surface area (Å²) >= 11 is 1.51. The predicted octanol–water partition coefficient (Wildman–Crippen LogP) is 2.87. The Morgan fingerprint density at radius 3 is 2.50 bits per heavy atom. The Bertz CT molecular complexity index is 1140. The zero-order valence-electron chi connectivity index (χ0n) is 19.2. The lowest BCUT2D eigenvalue weighted by Crippen LogP contribution is -2.45. The van der Waals surface area contributed by atoms with E-state index in [1.54, 1.807) is 23.6 Å². The summed E-state index contributed by atoms with van der Waals surface area (Å²) < 4.78 is 6.73. The molecule has 1 aliphatic heterocycles. The highest BCUT2D eigenvalue weighted by molar-refractivity contribution is 7.13. The maximum absolute atomic E-state index is 13.1. The number of piperidine rings is 1. The molecule has 0 bridgehead atoms. The van der Waals surface area contributed by atoms with Crippen molar-refractivity contribution in [3.05, 3.63) is 53.7 Å². The minimum absolute atomic E-state index is 0.0311. The van der Waals surface area contributed by atoms with E-state index in [4.69, 9.17) is 4.74 Å². The van der Waals surface area contributed by atoms with Gasteiger partial charge in [-0.1, -0.05) is 24.3 Å². The fraction of sp³-hybridized carbons (Fsp3) is 0.375. The fourth-order valence-corrected chi connectivity index (χ4v) is 4.59. The van der Waals surface area contributed by atoms with Gasteiger partial charge in [0.2, 0.25) is 11.7 Å². The summed E-state index contributed by atoms with van der Waals surface area (Å²) in [6.45, 7) is 2.98. The van der Waals surface area contributed by atoms with Crippen molar-refractivity contribution in [2.75, 3.05) is 33.3 Å². The minimum atomic E-state index is -0.428. The van der Waals surface area contributed by atoms with Crippen LogP contribution in [0.3, 0.4) is 0 Å². The summed E-state index contributed by atoms with van der Waals surface area (Å²) in [7, 11) is 1.57. The van der Waals surface area contributed by atoms with Gasteiger partial charge in [-0.3, -0.25) is 14.4 Å². The number of nitrogens with zero attached hydrogens (tertiary/aromatic N) is 5. The number of para-hydroxylation sites is 1. The second kappa shape index (κ2) is 10.6. The summed E-state index contributed by atoms with van der Waals surface area (Å²) in [4.78, 5) is 46.2. The molecule has 178 valence electrons. The van der Waals surface area contributed by atoms with Crippen molar-refractivity contribution < 1.29 is 19.1 Å². The van der Waals surface area contributed by atoms with Crippen LogP contribution in [0.15, 0.2) is 47.8 Å². The number of rotatable bonds is 7. The number of carbonyl (C=O) groups excluding carboxylic acids is 3. The summed E-state index contributed by atoms with van der Waals surface area (Å²) in [5.41, 5.74) is 0.792. The van der Waals surface area contributed by atoms with Gasteiger partial charge in [-0.05, 0) is 43.3 Å². The standard InChI is InChI=1S/C24H27N5O4S/c1-3-33-24(32)17-11-13-28(14-12-17)20(30)16-27(2)23(31)21-25-22(19-10-7-15-34-19)29(26-21)18-8-5-4-6-9-18/h4-10,15,17H,3,11-14,16H2,1-2H3. The van der Waals surface area contributed by atoms with Gasteiger partial charge in [0.05, 0.1) is 29.6 Å². The van der Waals surface area contributed by atoms with Crippen molar-refractivity contribution >= 4 is 29.1 Å². The Morgan fingerprint density at radius 1 is 1.12 bits per heavy atom. The van der Waals surface area contributed by atoms with Crippen molar-refractivity contribution in [3.63, 3.8) is 0 Å². The molecule has 34 heavy (non-hydrogen) atoms. The van der Waals surface area contributed by atoms with Crippen LogP contribution >= 0.6 is 11.3 Å². The lowest BCUT2D eigenvalue weighted by atomic mass is 9.97. The number of hydrogen-bond donors (Lipinski definition) is 0. The number of hydrogen-bond acceptors (Lipinski definition) is 7. The lowest BCUT2D eigenvalue weighted by Gasteiger charge is -2.31. The molecule has 2 aromatic heterocycles. The second-order valence-electron chi connectivity index (χ2n) is 8.05. The number of likely N-dealkylation sites (tertiary alicyclic amines) is 1. The molecule has 1 fully saturated rings. The maximum atomic E-state index is 13.1. The first-order valence-corrected chi connectivity index (χ1v) is 12.1. The summed E-state index contributed by atoms with van der Waals surface area (Å²) in [5.74, 6) is -0.371. The van der Waals surface area contributed by atoms with Gasteiger partial charge in [0.25, 0.3) is 5.91 Å². The Labute approximate surface area is 202 Å². The third kappa shape index (κ3) is 5.17. The van der Waals surface area contributed by atoms with Crippen LogP contribution in [-0.2, 0) is 14.3 Å². The van der Waals surface area contributed by atoms with E-state index >= 15 is 0 Å². The number of ether oxygens (including phenoxy) is 1. The van der Waals surface area contributed by atoms with Gasteiger partial charge >= 0.3 is 5.97 Å². The van der Waals surface area contributed by atoms with E-state index in [0.717, 1.165) is 10.6 Å². The molecule has 0 spiro atoms. The monoisotopic (exact) mass is 481 g/mol. The number of carbonyl (C=O) groups is 3. The van der Waals surface area contributed by atoms with Gasteiger partial charge in [-0.15, -0.1) is 16.4 Å². The quantitative estimate of drug-likeness (QED) is 0.482. The van der Waals surface area contributed by atoms with Gasteiger partial charge in [0, 0.05) is 20.1 Å². The van der Waals surface area contributed by atoms with Gasteiger partial charge in [-0.25, -0.2) is 9.67 Å². The number of benzene rings is 1. The van der Waals surface area contributed by atoms with Crippen LogP contribution in [0.25, 0.3) is 16.4 Å². The average molecular weight is 482 g/mol. The molecule has 0 aliphatic carbocycles. The maximum Gasteiger partial charge on any atom is 0.309 e. The molecule has 1 saturated heterocycles. The van der Waals surface area contributed by atoms with Gasteiger partial charge in [0.1, 0.15) is 0 Å². The van der Waals surface area contributed by atoms with Gasteiger partial charge in [-0.2, -0.15) is 0 Å². The molecule has 4 rings (SSSR count). The summed E-state index contributed by atoms with van der Waals surface area (Å²) in [5, 5.41) is 6.41. The zero-order chi connectivity index (χ0) is 24.1. The van der Waals surface area contributed by atoms with E-state index in [1.165, 1.54) is 16.2 Å². The highest BCUT2D eigenvalue weighted by atomic mass is 32.1. The predicted molar refractivity (Wildman–Crippen MR) is 128 cm³/mol. The largest absolute Gasteiger partial charge is 0.466 e. The van der Waals surface area contributed by atoms with E-state index < -0.39 is 5.91 Å². The van der Waals surface area contributed by atoms with Crippen LogP contribution < -0.4 is 0 Å². The second-order valence-corrected chi connectivity index (χ2v) is 9.00. The first-order valence-electron chi connectivity index (χ1n) is 11.2. The lowest BCUT2D eigenvalue weighted by molar-refractivity contribution is -0.151. The number of amides is 2. The highest BCUT2D eigenvalue weighted by Gasteiger charge is 2.30. The highest BCUT2D eigenvalue weighted by Crippen LogP contribution is 2.26. The Hall–Kier alpha value is -3.53. The molecule has 2 amide bonds. The number of likely N-dealkylation sites (N-methyl/N-ethyl adjacent to an activating group) is 1. The van der Waals surface area contributed by atoms with Crippen molar-refractivity contribution in [1.29, 1.82) is 0 Å². The van der Waals surface area contributed by atoms with Crippen LogP contribution in [-0.4, -0.2) is 75.6 Å². The molecular weight excluding hydrogens is 454 g/mol.